The largest absolute Gasteiger partial charge is 0.481 e. The van der Waals surface area contributed by atoms with Crippen LogP contribution >= 0.6 is 0 Å². The van der Waals surface area contributed by atoms with Gasteiger partial charge in [0.05, 0.1) is 5.92 Å². The minimum Gasteiger partial charge on any atom is -0.481 e. The van der Waals surface area contributed by atoms with Crippen LogP contribution in [0.1, 0.15) is 47.4 Å². The molecule has 2 aromatic carbocycles. The summed E-state index contributed by atoms with van der Waals surface area (Å²) >= 11 is 0. The smallest absolute Gasteiger partial charge is 0.307 e. The van der Waals surface area contributed by atoms with Crippen molar-refractivity contribution in [3.05, 3.63) is 65.5 Å². The minimum atomic E-state index is -0.869. The van der Waals surface area contributed by atoms with Crippen LogP contribution in [0.2, 0.25) is 0 Å². The number of aromatic nitrogens is 4. The van der Waals surface area contributed by atoms with E-state index in [0.717, 1.165) is 23.1 Å². The van der Waals surface area contributed by atoms with Crippen molar-refractivity contribution in [3.63, 3.8) is 0 Å². The van der Waals surface area contributed by atoms with Gasteiger partial charge in [0.25, 0.3) is 0 Å². The molecule has 0 spiro atoms. The SMILES string of the molecule is CCCC(C(=O)O)C(Cc1cccc(-c2cccc(C(N)=O)c2)c1)c1nn[nH]n1. The molecule has 2 unspecified atom stereocenters. The zero-order chi connectivity index (χ0) is 20.8. The Morgan fingerprint density at radius 2 is 1.86 bits per heavy atom. The maximum absolute atomic E-state index is 11.9. The number of hydrogen-bond donors (Lipinski definition) is 3. The van der Waals surface area contributed by atoms with Gasteiger partial charge in [-0.15, -0.1) is 10.2 Å². The number of primary amides is 1. The first kappa shape index (κ1) is 20.2. The number of H-pyrrole nitrogens is 1. The highest BCUT2D eigenvalue weighted by Gasteiger charge is 2.32. The Morgan fingerprint density at radius 1 is 1.14 bits per heavy atom. The average Bonchev–Trinajstić information content (AvgIpc) is 3.25. The zero-order valence-electron chi connectivity index (χ0n) is 16.1. The lowest BCUT2D eigenvalue weighted by Gasteiger charge is -2.21. The van der Waals surface area contributed by atoms with Crippen LogP contribution < -0.4 is 5.73 Å². The summed E-state index contributed by atoms with van der Waals surface area (Å²) < 4.78 is 0. The molecule has 8 nitrogen and oxygen atoms in total. The number of carboxylic acid groups (broad SMARTS) is 1. The third-order valence-electron chi connectivity index (χ3n) is 4.96. The molecule has 8 heteroatoms. The summed E-state index contributed by atoms with van der Waals surface area (Å²) in [5, 5.41) is 23.9. The molecule has 1 heterocycles. The number of carbonyl (C=O) groups is 2. The molecule has 2 atom stereocenters. The van der Waals surface area contributed by atoms with E-state index in [0.29, 0.717) is 24.2 Å². The summed E-state index contributed by atoms with van der Waals surface area (Å²) in [7, 11) is 0. The van der Waals surface area contributed by atoms with Gasteiger partial charge in [0.15, 0.2) is 5.82 Å². The molecule has 0 saturated heterocycles. The Morgan fingerprint density at radius 3 is 2.48 bits per heavy atom. The van der Waals surface area contributed by atoms with Crippen LogP contribution in [0.3, 0.4) is 0 Å². The Labute approximate surface area is 168 Å². The van der Waals surface area contributed by atoms with Gasteiger partial charge < -0.3 is 10.8 Å². The second-order valence-electron chi connectivity index (χ2n) is 6.96. The number of nitrogens with two attached hydrogens (primary N) is 1. The molecule has 3 aromatic rings. The fourth-order valence-corrected chi connectivity index (χ4v) is 3.53. The van der Waals surface area contributed by atoms with Crippen molar-refractivity contribution in [3.8, 4) is 11.1 Å². The van der Waals surface area contributed by atoms with Crippen LogP contribution in [0.4, 0.5) is 0 Å². The Balaban J connectivity index is 1.93. The predicted molar refractivity (Wildman–Crippen MR) is 107 cm³/mol. The number of carbonyl (C=O) groups excluding carboxylic acids is 1. The van der Waals surface area contributed by atoms with Gasteiger partial charge in [-0.05, 0) is 41.7 Å². The van der Waals surface area contributed by atoms with E-state index in [4.69, 9.17) is 5.73 Å². The highest BCUT2D eigenvalue weighted by atomic mass is 16.4. The number of aliphatic carboxylic acids is 1. The molecule has 150 valence electrons. The van der Waals surface area contributed by atoms with Gasteiger partial charge in [-0.3, -0.25) is 9.59 Å². The molecule has 0 aliphatic rings. The standard InChI is InChI=1S/C21H23N5O3/c1-2-5-17(21(28)29)18(20-23-25-26-24-20)11-13-6-3-7-14(10-13)15-8-4-9-16(12-15)19(22)27/h3-4,6-10,12,17-18H,2,5,11H2,1H3,(H2,22,27)(H,28,29)(H,23,24,25,26). The highest BCUT2D eigenvalue weighted by Crippen LogP contribution is 2.31. The van der Waals surface area contributed by atoms with Crippen LogP contribution in [0.25, 0.3) is 11.1 Å². The Kier molecular flexibility index (Phi) is 6.33. The van der Waals surface area contributed by atoms with Gasteiger partial charge in [0.1, 0.15) is 0 Å². The number of aromatic amines is 1. The number of nitrogens with one attached hydrogen (secondary N) is 1. The van der Waals surface area contributed by atoms with Crippen molar-refractivity contribution in [2.45, 2.75) is 32.1 Å². The first-order chi connectivity index (χ1) is 14.0. The van der Waals surface area contributed by atoms with E-state index in [-0.39, 0.29) is 0 Å². The Hall–Kier alpha value is -3.55. The van der Waals surface area contributed by atoms with E-state index in [2.05, 4.69) is 20.6 Å². The summed E-state index contributed by atoms with van der Waals surface area (Å²) in [5.74, 6) is -1.97. The van der Waals surface area contributed by atoms with Gasteiger partial charge >= 0.3 is 5.97 Å². The lowest BCUT2D eigenvalue weighted by molar-refractivity contribution is -0.143. The third-order valence-corrected chi connectivity index (χ3v) is 4.96. The maximum atomic E-state index is 11.9. The summed E-state index contributed by atoms with van der Waals surface area (Å²) in [6, 6.07) is 14.9. The normalized spacial score (nSPS) is 13.0. The molecular weight excluding hydrogens is 370 g/mol. The first-order valence-electron chi connectivity index (χ1n) is 9.45. The minimum absolute atomic E-state index is 0.395. The van der Waals surface area contributed by atoms with E-state index < -0.39 is 23.7 Å². The molecule has 1 amide bonds. The monoisotopic (exact) mass is 393 g/mol. The van der Waals surface area contributed by atoms with Crippen molar-refractivity contribution in [1.29, 1.82) is 0 Å². The lowest BCUT2D eigenvalue weighted by Crippen LogP contribution is -2.25. The number of carboxylic acids is 1. The number of amides is 1. The quantitative estimate of drug-likeness (QED) is 0.511. The molecule has 1 aromatic heterocycles. The van der Waals surface area contributed by atoms with E-state index in [9.17, 15) is 14.7 Å². The van der Waals surface area contributed by atoms with Crippen LogP contribution in [0.15, 0.2) is 48.5 Å². The summed E-state index contributed by atoms with van der Waals surface area (Å²) in [5.41, 5.74) is 8.55. The van der Waals surface area contributed by atoms with Gasteiger partial charge in [-0.25, -0.2) is 0 Å². The topological polar surface area (TPSA) is 135 Å². The summed E-state index contributed by atoms with van der Waals surface area (Å²) in [6.45, 7) is 1.95. The van der Waals surface area contributed by atoms with Crippen molar-refractivity contribution in [2.75, 3.05) is 0 Å². The number of benzene rings is 2. The molecule has 4 N–H and O–H groups in total. The van der Waals surface area contributed by atoms with E-state index in [1.54, 1.807) is 18.2 Å². The highest BCUT2D eigenvalue weighted by molar-refractivity contribution is 5.94. The third kappa shape index (κ3) is 4.84. The molecule has 3 rings (SSSR count). The van der Waals surface area contributed by atoms with Crippen molar-refractivity contribution in [2.24, 2.45) is 11.7 Å². The fourth-order valence-electron chi connectivity index (χ4n) is 3.53. The number of hydrogen-bond acceptors (Lipinski definition) is 5. The molecular formula is C21H23N5O3. The van der Waals surface area contributed by atoms with Gasteiger partial charge in [-0.1, -0.05) is 55.0 Å². The van der Waals surface area contributed by atoms with Gasteiger partial charge in [-0.2, -0.15) is 5.21 Å². The van der Waals surface area contributed by atoms with Gasteiger partial charge in [0, 0.05) is 11.5 Å². The van der Waals surface area contributed by atoms with Crippen molar-refractivity contribution in [1.82, 2.24) is 20.6 Å². The Bertz CT molecular complexity index is 987. The average molecular weight is 393 g/mol. The predicted octanol–water partition coefficient (Wildman–Crippen LogP) is 2.79. The first-order valence-corrected chi connectivity index (χ1v) is 9.45. The van der Waals surface area contributed by atoms with Crippen molar-refractivity contribution < 1.29 is 14.7 Å². The van der Waals surface area contributed by atoms with Crippen molar-refractivity contribution >= 4 is 11.9 Å². The fraction of sp³-hybridized carbons (Fsp3) is 0.286. The summed E-state index contributed by atoms with van der Waals surface area (Å²) in [6.07, 6.45) is 1.72. The van der Waals surface area contributed by atoms with Crippen LogP contribution in [0, 0.1) is 5.92 Å². The second-order valence-corrected chi connectivity index (χ2v) is 6.96. The van der Waals surface area contributed by atoms with E-state index >= 15 is 0 Å². The number of nitrogens with zero attached hydrogens (tertiary/aromatic N) is 3. The number of rotatable bonds is 9. The molecule has 0 aliphatic carbocycles. The molecule has 0 saturated carbocycles. The molecule has 0 fully saturated rings. The van der Waals surface area contributed by atoms with Crippen LogP contribution in [-0.4, -0.2) is 37.6 Å². The molecule has 0 aliphatic heterocycles. The van der Waals surface area contributed by atoms with E-state index in [1.165, 1.54) is 0 Å². The van der Waals surface area contributed by atoms with Crippen LogP contribution in [0.5, 0.6) is 0 Å². The van der Waals surface area contributed by atoms with Crippen LogP contribution in [-0.2, 0) is 11.2 Å². The number of tetrazole rings is 1. The molecule has 0 bridgehead atoms. The summed E-state index contributed by atoms with van der Waals surface area (Å²) in [4.78, 5) is 23.3. The van der Waals surface area contributed by atoms with E-state index in [1.807, 2.05) is 37.3 Å². The maximum Gasteiger partial charge on any atom is 0.307 e. The second kappa shape index (κ2) is 9.09. The molecule has 29 heavy (non-hydrogen) atoms. The lowest BCUT2D eigenvalue weighted by atomic mass is 9.83. The van der Waals surface area contributed by atoms with Gasteiger partial charge in [0.2, 0.25) is 5.91 Å². The molecule has 0 radical (unpaired) electrons. The zero-order valence-corrected chi connectivity index (χ0v) is 16.1.